The first-order valence-electron chi connectivity index (χ1n) is 5.20. The van der Waals surface area contributed by atoms with Crippen LogP contribution < -0.4 is 0 Å². The van der Waals surface area contributed by atoms with Gasteiger partial charge in [-0.3, -0.25) is 9.59 Å². The second kappa shape index (κ2) is 4.11. The molecule has 5 heteroatoms. The summed E-state index contributed by atoms with van der Waals surface area (Å²) in [4.78, 5) is 23.2. The lowest BCUT2D eigenvalue weighted by molar-refractivity contribution is -0.150. The van der Waals surface area contributed by atoms with Crippen molar-refractivity contribution in [2.75, 3.05) is 0 Å². The van der Waals surface area contributed by atoms with Crippen molar-refractivity contribution in [2.24, 2.45) is 5.41 Å². The van der Waals surface area contributed by atoms with E-state index < -0.39 is 23.0 Å². The zero-order valence-electron chi connectivity index (χ0n) is 8.87. The molecule has 0 saturated heterocycles. The van der Waals surface area contributed by atoms with Crippen molar-refractivity contribution in [3.05, 3.63) is 34.6 Å². The van der Waals surface area contributed by atoms with E-state index in [2.05, 4.69) is 0 Å². The molecule has 90 valence electrons. The Kier molecular flexibility index (Phi) is 2.91. The SMILES string of the molecule is O=C(O)C1(C(=O)c2ccc(F)c(Cl)c2)CCC1. The first-order valence-corrected chi connectivity index (χ1v) is 5.58. The number of rotatable bonds is 3. The maximum atomic E-state index is 13.0. The summed E-state index contributed by atoms with van der Waals surface area (Å²) in [5, 5.41) is 8.94. The minimum absolute atomic E-state index is 0.151. The number of carbonyl (C=O) groups is 2. The molecule has 0 atom stereocenters. The molecule has 1 saturated carbocycles. The van der Waals surface area contributed by atoms with Gasteiger partial charge in [0.15, 0.2) is 5.78 Å². The van der Waals surface area contributed by atoms with Gasteiger partial charge in [0.1, 0.15) is 11.2 Å². The Morgan fingerprint density at radius 2 is 2.00 bits per heavy atom. The zero-order valence-corrected chi connectivity index (χ0v) is 9.63. The van der Waals surface area contributed by atoms with Crippen LogP contribution >= 0.6 is 11.6 Å². The Morgan fingerprint density at radius 3 is 2.41 bits per heavy atom. The molecule has 0 bridgehead atoms. The van der Waals surface area contributed by atoms with Crippen molar-refractivity contribution >= 4 is 23.4 Å². The Morgan fingerprint density at radius 1 is 1.35 bits per heavy atom. The van der Waals surface area contributed by atoms with Gasteiger partial charge in [0, 0.05) is 5.56 Å². The molecule has 2 rings (SSSR count). The van der Waals surface area contributed by atoms with Crippen molar-refractivity contribution in [3.8, 4) is 0 Å². The molecule has 0 heterocycles. The van der Waals surface area contributed by atoms with Crippen molar-refractivity contribution in [3.63, 3.8) is 0 Å². The highest BCUT2D eigenvalue weighted by Gasteiger charge is 2.51. The van der Waals surface area contributed by atoms with Crippen LogP contribution in [0.4, 0.5) is 4.39 Å². The number of hydrogen-bond donors (Lipinski definition) is 1. The van der Waals surface area contributed by atoms with Crippen LogP contribution in [0.2, 0.25) is 5.02 Å². The number of ketones is 1. The molecule has 1 aromatic rings. The predicted molar refractivity (Wildman–Crippen MR) is 59.7 cm³/mol. The average molecular weight is 257 g/mol. The molecule has 0 radical (unpaired) electrons. The quantitative estimate of drug-likeness (QED) is 0.668. The fourth-order valence-electron chi connectivity index (χ4n) is 1.98. The van der Waals surface area contributed by atoms with Crippen LogP contribution in [-0.2, 0) is 4.79 Å². The van der Waals surface area contributed by atoms with Gasteiger partial charge in [-0.25, -0.2) is 4.39 Å². The summed E-state index contributed by atoms with van der Waals surface area (Å²) in [6.07, 6.45) is 1.37. The van der Waals surface area contributed by atoms with Crippen LogP contribution in [0.25, 0.3) is 0 Å². The van der Waals surface area contributed by atoms with Gasteiger partial charge in [-0.05, 0) is 31.0 Å². The van der Waals surface area contributed by atoms with Crippen molar-refractivity contribution in [2.45, 2.75) is 19.3 Å². The lowest BCUT2D eigenvalue weighted by Crippen LogP contribution is -2.45. The minimum Gasteiger partial charge on any atom is -0.480 e. The largest absolute Gasteiger partial charge is 0.480 e. The van der Waals surface area contributed by atoms with Gasteiger partial charge in [-0.15, -0.1) is 0 Å². The first kappa shape index (κ1) is 12.0. The summed E-state index contributed by atoms with van der Waals surface area (Å²) < 4.78 is 13.0. The predicted octanol–water partition coefficient (Wildman–Crippen LogP) is 2.92. The molecular formula is C12H10ClFO3. The van der Waals surface area contributed by atoms with E-state index in [4.69, 9.17) is 16.7 Å². The van der Waals surface area contributed by atoms with Crippen molar-refractivity contribution in [1.29, 1.82) is 0 Å². The molecule has 0 aliphatic heterocycles. The number of aliphatic carboxylic acids is 1. The van der Waals surface area contributed by atoms with Crippen LogP contribution in [0, 0.1) is 11.2 Å². The van der Waals surface area contributed by atoms with Gasteiger partial charge in [-0.1, -0.05) is 18.0 Å². The van der Waals surface area contributed by atoms with Gasteiger partial charge in [0.05, 0.1) is 5.02 Å². The number of carbonyl (C=O) groups excluding carboxylic acids is 1. The maximum Gasteiger partial charge on any atom is 0.317 e. The second-order valence-corrected chi connectivity index (χ2v) is 4.61. The third-order valence-electron chi connectivity index (χ3n) is 3.23. The molecule has 1 aliphatic rings. The fourth-order valence-corrected chi connectivity index (χ4v) is 2.16. The van der Waals surface area contributed by atoms with E-state index >= 15 is 0 Å². The molecule has 0 spiro atoms. The number of hydrogen-bond acceptors (Lipinski definition) is 2. The van der Waals surface area contributed by atoms with E-state index in [1.807, 2.05) is 0 Å². The minimum atomic E-state index is -1.33. The van der Waals surface area contributed by atoms with Gasteiger partial charge in [0.25, 0.3) is 0 Å². The lowest BCUT2D eigenvalue weighted by Gasteiger charge is -2.35. The molecular weight excluding hydrogens is 247 g/mol. The number of halogens is 2. The van der Waals surface area contributed by atoms with Crippen LogP contribution in [0.15, 0.2) is 18.2 Å². The molecule has 17 heavy (non-hydrogen) atoms. The van der Waals surface area contributed by atoms with Gasteiger partial charge in [-0.2, -0.15) is 0 Å². The standard InChI is InChI=1S/C12H10ClFO3/c13-8-6-7(2-3-9(8)14)10(15)12(11(16)17)4-1-5-12/h2-3,6H,1,4-5H2,(H,16,17). The zero-order chi connectivity index (χ0) is 12.6. The van der Waals surface area contributed by atoms with Crippen molar-refractivity contribution in [1.82, 2.24) is 0 Å². The fraction of sp³-hybridized carbons (Fsp3) is 0.333. The summed E-state index contributed by atoms with van der Waals surface area (Å²) in [5.41, 5.74) is -1.18. The molecule has 1 N–H and O–H groups in total. The summed E-state index contributed by atoms with van der Waals surface area (Å²) >= 11 is 5.57. The smallest absolute Gasteiger partial charge is 0.317 e. The van der Waals surface area contributed by atoms with Gasteiger partial charge in [0.2, 0.25) is 0 Å². The number of benzene rings is 1. The van der Waals surface area contributed by atoms with E-state index in [0.29, 0.717) is 19.3 Å². The summed E-state index contributed by atoms with van der Waals surface area (Å²) in [6, 6.07) is 3.53. The summed E-state index contributed by atoms with van der Waals surface area (Å²) in [5.74, 6) is -2.23. The third kappa shape index (κ3) is 1.82. The number of carboxylic acid groups (broad SMARTS) is 1. The highest BCUT2D eigenvalue weighted by atomic mass is 35.5. The summed E-state index contributed by atoms with van der Waals surface area (Å²) in [6.45, 7) is 0. The van der Waals surface area contributed by atoms with E-state index in [1.165, 1.54) is 12.1 Å². The maximum absolute atomic E-state index is 13.0. The Hall–Kier alpha value is -1.42. The molecule has 1 aromatic carbocycles. The Bertz CT molecular complexity index is 495. The van der Waals surface area contributed by atoms with Crippen LogP contribution in [0.1, 0.15) is 29.6 Å². The number of Topliss-reactive ketones (excluding diaryl/α,β-unsaturated/α-hetero) is 1. The van der Waals surface area contributed by atoms with E-state index in [1.54, 1.807) is 0 Å². The molecule has 1 aliphatic carbocycles. The van der Waals surface area contributed by atoms with E-state index in [9.17, 15) is 14.0 Å². The summed E-state index contributed by atoms with van der Waals surface area (Å²) in [7, 11) is 0. The Balaban J connectivity index is 2.36. The van der Waals surface area contributed by atoms with Crippen LogP contribution in [-0.4, -0.2) is 16.9 Å². The second-order valence-electron chi connectivity index (χ2n) is 4.20. The lowest BCUT2D eigenvalue weighted by atomic mass is 9.64. The van der Waals surface area contributed by atoms with Gasteiger partial charge < -0.3 is 5.11 Å². The average Bonchev–Trinajstić information content (AvgIpc) is 2.19. The molecule has 0 aromatic heterocycles. The molecule has 0 amide bonds. The van der Waals surface area contributed by atoms with E-state index in [0.717, 1.165) is 6.07 Å². The van der Waals surface area contributed by atoms with Crippen LogP contribution in [0.3, 0.4) is 0 Å². The topological polar surface area (TPSA) is 54.4 Å². The first-order chi connectivity index (χ1) is 7.97. The third-order valence-corrected chi connectivity index (χ3v) is 3.52. The van der Waals surface area contributed by atoms with E-state index in [-0.39, 0.29) is 10.6 Å². The number of carboxylic acids is 1. The molecule has 1 fully saturated rings. The normalized spacial score (nSPS) is 17.3. The monoisotopic (exact) mass is 256 g/mol. The van der Waals surface area contributed by atoms with Crippen LogP contribution in [0.5, 0.6) is 0 Å². The molecule has 3 nitrogen and oxygen atoms in total. The highest BCUT2D eigenvalue weighted by molar-refractivity contribution is 6.31. The molecule has 0 unspecified atom stereocenters. The highest BCUT2D eigenvalue weighted by Crippen LogP contribution is 2.44. The van der Waals surface area contributed by atoms with Crippen molar-refractivity contribution < 1.29 is 19.1 Å². The Labute approximate surface area is 102 Å². The van der Waals surface area contributed by atoms with Gasteiger partial charge >= 0.3 is 5.97 Å².